The topological polar surface area (TPSA) is 56.1 Å². The second-order valence-electron chi connectivity index (χ2n) is 5.65. The molecule has 0 aliphatic rings. The van der Waals surface area contributed by atoms with E-state index in [-0.39, 0.29) is 5.91 Å². The fraction of sp³-hybridized carbons (Fsp3) is 0.200. The number of nitrogens with zero attached hydrogens (tertiary/aromatic N) is 2. The smallest absolute Gasteiger partial charge is 0.253 e. The molecule has 0 saturated heterocycles. The van der Waals surface area contributed by atoms with E-state index in [4.69, 9.17) is 4.74 Å². The lowest BCUT2D eigenvalue weighted by atomic mass is 10.1. The Morgan fingerprint density at radius 1 is 1.08 bits per heavy atom. The van der Waals surface area contributed by atoms with Crippen LogP contribution in [-0.2, 0) is 16.0 Å². The van der Waals surface area contributed by atoms with Crippen molar-refractivity contribution in [3.05, 3.63) is 84.2 Å². The standard InChI is InChI=1S/C20H21N3O2/c1-25-19(16-8-4-2-5-9-16)20(24)21-14-12-17-13-15-23(22-17)18-10-6-3-7-11-18/h2-11,13,15,19H,12,14H2,1H3,(H,21,24). The van der Waals surface area contributed by atoms with Crippen LogP contribution >= 0.6 is 0 Å². The largest absolute Gasteiger partial charge is 0.367 e. The molecule has 3 rings (SSSR count). The van der Waals surface area contributed by atoms with E-state index in [1.165, 1.54) is 0 Å². The minimum Gasteiger partial charge on any atom is -0.367 e. The summed E-state index contributed by atoms with van der Waals surface area (Å²) in [5.41, 5.74) is 2.79. The van der Waals surface area contributed by atoms with Crippen molar-refractivity contribution in [2.75, 3.05) is 13.7 Å². The Bertz CT molecular complexity index is 800. The van der Waals surface area contributed by atoms with E-state index in [9.17, 15) is 4.79 Å². The second-order valence-corrected chi connectivity index (χ2v) is 5.65. The summed E-state index contributed by atoms with van der Waals surface area (Å²) in [6.07, 6.45) is 1.99. The van der Waals surface area contributed by atoms with E-state index in [1.54, 1.807) is 7.11 Å². The first-order chi connectivity index (χ1) is 12.3. The van der Waals surface area contributed by atoms with E-state index in [2.05, 4.69) is 10.4 Å². The SMILES string of the molecule is COC(C(=O)NCCc1ccn(-c2ccccc2)n1)c1ccccc1. The highest BCUT2D eigenvalue weighted by Crippen LogP contribution is 2.16. The molecule has 128 valence electrons. The molecule has 0 fully saturated rings. The predicted octanol–water partition coefficient (Wildman–Crippen LogP) is 2.92. The summed E-state index contributed by atoms with van der Waals surface area (Å²) in [6, 6.07) is 21.4. The highest BCUT2D eigenvalue weighted by Gasteiger charge is 2.19. The molecule has 0 aliphatic carbocycles. The summed E-state index contributed by atoms with van der Waals surface area (Å²) in [5.74, 6) is -0.142. The van der Waals surface area contributed by atoms with Crippen LogP contribution in [0.1, 0.15) is 17.4 Å². The van der Waals surface area contributed by atoms with Gasteiger partial charge in [0.1, 0.15) is 0 Å². The Morgan fingerprint density at radius 3 is 2.44 bits per heavy atom. The van der Waals surface area contributed by atoms with E-state index in [1.807, 2.05) is 77.6 Å². The zero-order valence-electron chi connectivity index (χ0n) is 14.1. The summed E-state index contributed by atoms with van der Waals surface area (Å²) < 4.78 is 7.16. The van der Waals surface area contributed by atoms with Crippen molar-refractivity contribution in [2.24, 2.45) is 0 Å². The average molecular weight is 335 g/mol. The molecule has 1 amide bonds. The second kappa shape index (κ2) is 8.26. The fourth-order valence-electron chi connectivity index (χ4n) is 2.65. The molecule has 0 spiro atoms. The summed E-state index contributed by atoms with van der Waals surface area (Å²) in [4.78, 5) is 12.3. The van der Waals surface area contributed by atoms with Gasteiger partial charge in [-0.2, -0.15) is 5.10 Å². The lowest BCUT2D eigenvalue weighted by Gasteiger charge is -2.15. The molecule has 1 unspecified atom stereocenters. The molecule has 1 N–H and O–H groups in total. The maximum Gasteiger partial charge on any atom is 0.253 e. The molecule has 3 aromatic rings. The number of aromatic nitrogens is 2. The van der Waals surface area contributed by atoms with Crippen LogP contribution in [0.3, 0.4) is 0 Å². The molecule has 1 atom stereocenters. The monoisotopic (exact) mass is 335 g/mol. The Hall–Kier alpha value is -2.92. The van der Waals surface area contributed by atoms with Gasteiger partial charge in [-0.25, -0.2) is 4.68 Å². The lowest BCUT2D eigenvalue weighted by molar-refractivity contribution is -0.131. The fourth-order valence-corrected chi connectivity index (χ4v) is 2.65. The Labute approximate surface area is 147 Å². The van der Waals surface area contributed by atoms with Crippen LogP contribution in [0.2, 0.25) is 0 Å². The summed E-state index contributed by atoms with van der Waals surface area (Å²) in [6.45, 7) is 0.511. The molecule has 1 heterocycles. The van der Waals surface area contributed by atoms with E-state index in [0.29, 0.717) is 13.0 Å². The molecular weight excluding hydrogens is 314 g/mol. The Balaban J connectivity index is 1.54. The maximum absolute atomic E-state index is 12.3. The third-order valence-corrected chi connectivity index (χ3v) is 3.92. The molecule has 0 bridgehead atoms. The predicted molar refractivity (Wildman–Crippen MR) is 96.5 cm³/mol. The number of para-hydroxylation sites is 1. The molecule has 25 heavy (non-hydrogen) atoms. The lowest BCUT2D eigenvalue weighted by Crippen LogP contribution is -2.32. The molecule has 0 saturated carbocycles. The summed E-state index contributed by atoms with van der Waals surface area (Å²) >= 11 is 0. The summed E-state index contributed by atoms with van der Waals surface area (Å²) in [5, 5.41) is 7.45. The van der Waals surface area contributed by atoms with Crippen LogP contribution in [-0.4, -0.2) is 29.3 Å². The first-order valence-corrected chi connectivity index (χ1v) is 8.23. The number of ether oxygens (including phenoxy) is 1. The highest BCUT2D eigenvalue weighted by atomic mass is 16.5. The number of carbonyl (C=O) groups excluding carboxylic acids is 1. The molecule has 5 nitrogen and oxygen atoms in total. The number of hydrogen-bond donors (Lipinski definition) is 1. The highest BCUT2D eigenvalue weighted by molar-refractivity contribution is 5.82. The third-order valence-electron chi connectivity index (χ3n) is 3.92. The molecular formula is C20H21N3O2. The van der Waals surface area contributed by atoms with E-state index >= 15 is 0 Å². The van der Waals surface area contributed by atoms with Crippen LogP contribution in [0.25, 0.3) is 5.69 Å². The third kappa shape index (κ3) is 4.33. The van der Waals surface area contributed by atoms with Crippen molar-refractivity contribution >= 4 is 5.91 Å². The van der Waals surface area contributed by atoms with Crippen LogP contribution < -0.4 is 5.32 Å². The number of methoxy groups -OCH3 is 1. The Kier molecular flexibility index (Phi) is 5.59. The number of nitrogens with one attached hydrogen (secondary N) is 1. The van der Waals surface area contributed by atoms with Crippen LogP contribution in [0.5, 0.6) is 0 Å². The minimum absolute atomic E-state index is 0.142. The first-order valence-electron chi connectivity index (χ1n) is 8.23. The van der Waals surface area contributed by atoms with Gasteiger partial charge in [-0.3, -0.25) is 4.79 Å². The normalized spacial score (nSPS) is 11.9. The number of rotatable bonds is 7. The van der Waals surface area contributed by atoms with Crippen molar-refractivity contribution < 1.29 is 9.53 Å². The van der Waals surface area contributed by atoms with Crippen molar-refractivity contribution in [1.82, 2.24) is 15.1 Å². The van der Waals surface area contributed by atoms with Gasteiger partial charge in [0.2, 0.25) is 0 Å². The number of hydrogen-bond acceptors (Lipinski definition) is 3. The number of carbonyl (C=O) groups is 1. The van der Waals surface area contributed by atoms with Gasteiger partial charge in [0, 0.05) is 26.3 Å². The van der Waals surface area contributed by atoms with Crippen LogP contribution in [0.15, 0.2) is 72.9 Å². The van der Waals surface area contributed by atoms with Gasteiger partial charge in [0.05, 0.1) is 11.4 Å². The van der Waals surface area contributed by atoms with E-state index in [0.717, 1.165) is 16.9 Å². The molecule has 5 heteroatoms. The molecule has 0 radical (unpaired) electrons. The zero-order valence-corrected chi connectivity index (χ0v) is 14.1. The van der Waals surface area contributed by atoms with Gasteiger partial charge < -0.3 is 10.1 Å². The van der Waals surface area contributed by atoms with E-state index < -0.39 is 6.10 Å². The first kappa shape index (κ1) is 16.9. The Morgan fingerprint density at radius 2 is 1.76 bits per heavy atom. The van der Waals surface area contributed by atoms with Crippen molar-refractivity contribution in [2.45, 2.75) is 12.5 Å². The maximum atomic E-state index is 12.3. The van der Waals surface area contributed by atoms with Gasteiger partial charge in [0.25, 0.3) is 5.91 Å². The zero-order chi connectivity index (χ0) is 17.5. The molecule has 1 aromatic heterocycles. The van der Waals surface area contributed by atoms with Crippen molar-refractivity contribution in [1.29, 1.82) is 0 Å². The molecule has 2 aromatic carbocycles. The van der Waals surface area contributed by atoms with Crippen LogP contribution in [0.4, 0.5) is 0 Å². The average Bonchev–Trinajstić information content (AvgIpc) is 3.13. The van der Waals surface area contributed by atoms with Gasteiger partial charge in [-0.15, -0.1) is 0 Å². The molecule has 0 aliphatic heterocycles. The minimum atomic E-state index is -0.594. The van der Waals surface area contributed by atoms with Gasteiger partial charge >= 0.3 is 0 Å². The van der Waals surface area contributed by atoms with Crippen molar-refractivity contribution in [3.63, 3.8) is 0 Å². The quantitative estimate of drug-likeness (QED) is 0.722. The van der Waals surface area contributed by atoms with Crippen molar-refractivity contribution in [3.8, 4) is 5.69 Å². The van der Waals surface area contributed by atoms with Gasteiger partial charge in [-0.05, 0) is 23.8 Å². The number of amides is 1. The van der Waals surface area contributed by atoms with Crippen LogP contribution in [0, 0.1) is 0 Å². The van der Waals surface area contributed by atoms with Gasteiger partial charge in [-0.1, -0.05) is 48.5 Å². The van der Waals surface area contributed by atoms with Gasteiger partial charge in [0.15, 0.2) is 6.10 Å². The summed E-state index contributed by atoms with van der Waals surface area (Å²) in [7, 11) is 1.54. The number of benzene rings is 2.